The van der Waals surface area contributed by atoms with E-state index in [1.807, 2.05) is 4.90 Å². The van der Waals surface area contributed by atoms with Crippen LogP contribution in [0.15, 0.2) is 24.3 Å². The average Bonchev–Trinajstić information content (AvgIpc) is 3.35. The van der Waals surface area contributed by atoms with E-state index in [2.05, 4.69) is 10.6 Å². The van der Waals surface area contributed by atoms with Gasteiger partial charge in [0.25, 0.3) is 5.91 Å². The molecule has 1 spiro atoms. The molecule has 1 unspecified atom stereocenters. The van der Waals surface area contributed by atoms with Crippen molar-refractivity contribution >= 4 is 24.2 Å². The van der Waals surface area contributed by atoms with Crippen LogP contribution in [0.5, 0.6) is 0 Å². The summed E-state index contributed by atoms with van der Waals surface area (Å²) in [6.45, 7) is 3.47. The fourth-order valence-corrected chi connectivity index (χ4v) is 4.51. The Hall–Kier alpha value is -1.66. The van der Waals surface area contributed by atoms with Crippen LogP contribution in [-0.2, 0) is 4.79 Å². The Morgan fingerprint density at radius 2 is 1.74 bits per heavy atom. The van der Waals surface area contributed by atoms with Crippen molar-refractivity contribution in [2.45, 2.75) is 38.1 Å². The van der Waals surface area contributed by atoms with Gasteiger partial charge in [-0.15, -0.1) is 12.4 Å². The minimum atomic E-state index is -0.347. The van der Waals surface area contributed by atoms with E-state index in [4.69, 9.17) is 0 Å². The molecule has 1 aromatic carbocycles. The number of likely N-dealkylation sites (tertiary alicyclic amines) is 1. The quantitative estimate of drug-likeness (QED) is 0.825. The fraction of sp³-hybridized carbons (Fsp3) is 0.600. The SMILES string of the molecule is Cl.O=C(NC1CCN(C(=O)C2CC23CCNCC3)CC1)c1ccc(F)cc1. The number of amides is 2. The third-order valence-electron chi connectivity index (χ3n) is 6.34. The fourth-order valence-electron chi connectivity index (χ4n) is 4.51. The van der Waals surface area contributed by atoms with Crippen molar-refractivity contribution in [3.8, 4) is 0 Å². The highest BCUT2D eigenvalue weighted by atomic mass is 35.5. The van der Waals surface area contributed by atoms with Crippen LogP contribution in [0.4, 0.5) is 4.39 Å². The summed E-state index contributed by atoms with van der Waals surface area (Å²) in [6.07, 6.45) is 4.84. The number of rotatable bonds is 3. The molecule has 3 aliphatic rings. The van der Waals surface area contributed by atoms with Crippen LogP contribution in [0.25, 0.3) is 0 Å². The van der Waals surface area contributed by atoms with E-state index in [-0.39, 0.29) is 41.5 Å². The van der Waals surface area contributed by atoms with E-state index in [0.717, 1.165) is 45.2 Å². The van der Waals surface area contributed by atoms with Crippen LogP contribution in [-0.4, -0.2) is 48.9 Å². The van der Waals surface area contributed by atoms with E-state index in [9.17, 15) is 14.0 Å². The molecule has 4 rings (SSSR count). The van der Waals surface area contributed by atoms with E-state index in [1.165, 1.54) is 24.3 Å². The molecule has 2 aliphatic heterocycles. The Balaban J connectivity index is 0.00000210. The molecule has 2 amide bonds. The Morgan fingerprint density at radius 3 is 2.37 bits per heavy atom. The van der Waals surface area contributed by atoms with Crippen molar-refractivity contribution in [1.29, 1.82) is 0 Å². The van der Waals surface area contributed by atoms with Crippen LogP contribution in [0.1, 0.15) is 42.5 Å². The van der Waals surface area contributed by atoms with Crippen LogP contribution >= 0.6 is 12.4 Å². The molecular formula is C20H27ClFN3O2. The number of nitrogens with zero attached hydrogens (tertiary/aromatic N) is 1. The van der Waals surface area contributed by atoms with Gasteiger partial charge in [0.15, 0.2) is 0 Å². The van der Waals surface area contributed by atoms with Crippen molar-refractivity contribution in [3.63, 3.8) is 0 Å². The molecule has 1 saturated carbocycles. The average molecular weight is 396 g/mol. The number of carbonyl (C=O) groups is 2. The Kier molecular flexibility index (Phi) is 6.06. The zero-order valence-electron chi connectivity index (χ0n) is 15.4. The first-order chi connectivity index (χ1) is 12.6. The summed E-state index contributed by atoms with van der Waals surface area (Å²) < 4.78 is 13.0. The van der Waals surface area contributed by atoms with Gasteiger partial charge in [0.2, 0.25) is 5.91 Å². The predicted molar refractivity (Wildman–Crippen MR) is 103 cm³/mol. The highest BCUT2D eigenvalue weighted by Crippen LogP contribution is 2.59. The van der Waals surface area contributed by atoms with Gasteiger partial charge in [-0.05, 0) is 74.9 Å². The van der Waals surface area contributed by atoms with Gasteiger partial charge in [-0.1, -0.05) is 0 Å². The van der Waals surface area contributed by atoms with Gasteiger partial charge in [0, 0.05) is 30.6 Å². The molecule has 3 fully saturated rings. The standard InChI is InChI=1S/C20H26FN3O2.ClH/c21-15-3-1-14(2-4-15)18(25)23-16-5-11-24(12-6-16)19(26)17-13-20(17)7-9-22-10-8-20;/h1-4,16-17,22H,5-13H2,(H,23,25);1H. The second-order valence-electron chi connectivity index (χ2n) is 7.95. The molecule has 2 N–H and O–H groups in total. The summed E-state index contributed by atoms with van der Waals surface area (Å²) in [4.78, 5) is 27.0. The molecule has 0 radical (unpaired) electrons. The first-order valence-corrected chi connectivity index (χ1v) is 9.63. The van der Waals surface area contributed by atoms with Crippen molar-refractivity contribution in [2.75, 3.05) is 26.2 Å². The van der Waals surface area contributed by atoms with Crippen molar-refractivity contribution in [3.05, 3.63) is 35.6 Å². The number of nitrogens with one attached hydrogen (secondary N) is 2. The molecular weight excluding hydrogens is 369 g/mol. The minimum absolute atomic E-state index is 0. The number of hydrogen-bond donors (Lipinski definition) is 2. The zero-order valence-corrected chi connectivity index (χ0v) is 16.2. The van der Waals surface area contributed by atoms with Gasteiger partial charge in [-0.2, -0.15) is 0 Å². The molecule has 7 heteroatoms. The molecule has 148 valence electrons. The molecule has 2 saturated heterocycles. The minimum Gasteiger partial charge on any atom is -0.349 e. The van der Waals surface area contributed by atoms with Gasteiger partial charge in [0.05, 0.1) is 0 Å². The third-order valence-corrected chi connectivity index (χ3v) is 6.34. The maximum absolute atomic E-state index is 13.0. The van der Waals surface area contributed by atoms with Gasteiger partial charge in [-0.25, -0.2) is 4.39 Å². The number of halogens is 2. The summed E-state index contributed by atoms with van der Waals surface area (Å²) >= 11 is 0. The largest absolute Gasteiger partial charge is 0.349 e. The summed E-state index contributed by atoms with van der Waals surface area (Å²) in [5.41, 5.74) is 0.742. The Bertz CT molecular complexity index is 683. The number of benzene rings is 1. The van der Waals surface area contributed by atoms with Crippen molar-refractivity contribution in [1.82, 2.24) is 15.5 Å². The lowest BCUT2D eigenvalue weighted by Crippen LogP contribution is -2.47. The predicted octanol–water partition coefficient (Wildman–Crippen LogP) is 2.36. The topological polar surface area (TPSA) is 61.4 Å². The molecule has 27 heavy (non-hydrogen) atoms. The third kappa shape index (κ3) is 4.27. The Labute approximate surface area is 165 Å². The first kappa shape index (κ1) is 20.1. The lowest BCUT2D eigenvalue weighted by molar-refractivity contribution is -0.134. The molecule has 1 aliphatic carbocycles. The normalized spacial score (nSPS) is 24.2. The molecule has 0 aromatic heterocycles. The monoisotopic (exact) mass is 395 g/mol. The summed E-state index contributed by atoms with van der Waals surface area (Å²) in [5.74, 6) is 0.00996. The van der Waals surface area contributed by atoms with Crippen LogP contribution in [0, 0.1) is 17.2 Å². The summed E-state index contributed by atoms with van der Waals surface area (Å²) in [5, 5.41) is 6.38. The maximum atomic E-state index is 13.0. The van der Waals surface area contributed by atoms with Gasteiger partial charge in [-0.3, -0.25) is 9.59 Å². The number of piperidine rings is 2. The van der Waals surface area contributed by atoms with Crippen molar-refractivity contribution in [2.24, 2.45) is 11.3 Å². The van der Waals surface area contributed by atoms with Crippen LogP contribution < -0.4 is 10.6 Å². The van der Waals surface area contributed by atoms with E-state index in [1.54, 1.807) is 0 Å². The number of hydrogen-bond acceptors (Lipinski definition) is 3. The van der Waals surface area contributed by atoms with Crippen LogP contribution in [0.2, 0.25) is 0 Å². The van der Waals surface area contributed by atoms with E-state index >= 15 is 0 Å². The van der Waals surface area contributed by atoms with Crippen LogP contribution in [0.3, 0.4) is 0 Å². The smallest absolute Gasteiger partial charge is 0.251 e. The highest BCUT2D eigenvalue weighted by molar-refractivity contribution is 5.94. The lowest BCUT2D eigenvalue weighted by atomic mass is 9.91. The second-order valence-corrected chi connectivity index (χ2v) is 7.95. The summed E-state index contributed by atoms with van der Waals surface area (Å²) in [7, 11) is 0. The van der Waals surface area contributed by atoms with Crippen molar-refractivity contribution < 1.29 is 14.0 Å². The van der Waals surface area contributed by atoms with E-state index in [0.29, 0.717) is 24.6 Å². The molecule has 1 atom stereocenters. The molecule has 2 heterocycles. The summed E-state index contributed by atoms with van der Waals surface area (Å²) in [6, 6.07) is 5.65. The molecule has 0 bridgehead atoms. The molecule has 1 aromatic rings. The van der Waals surface area contributed by atoms with Gasteiger partial charge in [0.1, 0.15) is 5.82 Å². The van der Waals surface area contributed by atoms with Gasteiger partial charge >= 0.3 is 0 Å². The second kappa shape index (κ2) is 8.15. The highest BCUT2D eigenvalue weighted by Gasteiger charge is 2.58. The number of carbonyl (C=O) groups excluding carboxylic acids is 2. The van der Waals surface area contributed by atoms with Gasteiger partial charge < -0.3 is 15.5 Å². The van der Waals surface area contributed by atoms with E-state index < -0.39 is 0 Å². The maximum Gasteiger partial charge on any atom is 0.251 e. The first-order valence-electron chi connectivity index (χ1n) is 9.63. The lowest BCUT2D eigenvalue weighted by Gasteiger charge is -2.33. The zero-order chi connectivity index (χ0) is 18.1. The Morgan fingerprint density at radius 1 is 1.11 bits per heavy atom. The molecule has 5 nitrogen and oxygen atoms in total.